The Morgan fingerprint density at radius 3 is 2.74 bits per heavy atom. The van der Waals surface area contributed by atoms with Crippen molar-refractivity contribution in [2.45, 2.75) is 56.9 Å². The van der Waals surface area contributed by atoms with Crippen molar-refractivity contribution in [1.82, 2.24) is 15.5 Å². The Morgan fingerprint density at radius 1 is 1.26 bits per heavy atom. The summed E-state index contributed by atoms with van der Waals surface area (Å²) in [7, 11) is 0. The first-order valence-corrected chi connectivity index (χ1v) is 7.59. The summed E-state index contributed by atoms with van der Waals surface area (Å²) in [4.78, 5) is 4.53. The Balaban J connectivity index is 1.55. The number of nitrogens with two attached hydrogens (primary N) is 1. The van der Waals surface area contributed by atoms with Crippen molar-refractivity contribution < 1.29 is 4.52 Å². The van der Waals surface area contributed by atoms with Gasteiger partial charge in [-0.05, 0) is 51.1 Å². The van der Waals surface area contributed by atoms with Gasteiger partial charge in [0.1, 0.15) is 0 Å². The van der Waals surface area contributed by atoms with E-state index in [1.165, 1.54) is 25.7 Å². The fourth-order valence-corrected chi connectivity index (χ4v) is 3.29. The van der Waals surface area contributed by atoms with Crippen LogP contribution in [0.15, 0.2) is 4.52 Å². The van der Waals surface area contributed by atoms with Gasteiger partial charge in [0.05, 0.1) is 5.54 Å². The first kappa shape index (κ1) is 13.1. The van der Waals surface area contributed by atoms with E-state index in [9.17, 15) is 0 Å². The van der Waals surface area contributed by atoms with Crippen molar-refractivity contribution in [2.24, 2.45) is 11.7 Å². The number of aromatic nitrogens is 2. The summed E-state index contributed by atoms with van der Waals surface area (Å²) >= 11 is 0. The smallest absolute Gasteiger partial charge is 0.226 e. The number of hydrogen-bond donors (Lipinski definition) is 2. The number of nitrogens with one attached hydrogen (secondary N) is 1. The topological polar surface area (TPSA) is 77.0 Å². The van der Waals surface area contributed by atoms with E-state index in [-0.39, 0.29) is 5.54 Å². The van der Waals surface area contributed by atoms with Crippen LogP contribution < -0.4 is 11.1 Å². The summed E-state index contributed by atoms with van der Waals surface area (Å²) in [6.45, 7) is 2.29. The second-order valence-corrected chi connectivity index (χ2v) is 6.11. The molecule has 0 radical (unpaired) electrons. The summed E-state index contributed by atoms with van der Waals surface area (Å²) in [5.74, 6) is 2.30. The van der Waals surface area contributed by atoms with Gasteiger partial charge in [0.2, 0.25) is 5.89 Å². The van der Waals surface area contributed by atoms with Gasteiger partial charge in [0.15, 0.2) is 5.82 Å². The molecule has 2 heterocycles. The second kappa shape index (κ2) is 5.59. The molecule has 1 saturated carbocycles. The van der Waals surface area contributed by atoms with Crippen LogP contribution in [0.5, 0.6) is 0 Å². The first-order chi connectivity index (χ1) is 9.26. The Labute approximate surface area is 114 Å². The standard InChI is InChI=1S/C14H24N4O/c15-14(7-1-2-8-14)13-17-12(19-18-13)4-3-11-5-9-16-10-6-11/h11,16H,1-10,15H2. The van der Waals surface area contributed by atoms with Crippen molar-refractivity contribution >= 4 is 0 Å². The predicted octanol–water partition coefficient (Wildman–Crippen LogP) is 1.73. The zero-order valence-corrected chi connectivity index (χ0v) is 11.5. The molecule has 5 nitrogen and oxygen atoms in total. The van der Waals surface area contributed by atoms with Crippen LogP contribution in [0.3, 0.4) is 0 Å². The molecule has 1 aromatic rings. The molecule has 2 aliphatic rings. The molecule has 2 fully saturated rings. The van der Waals surface area contributed by atoms with Gasteiger partial charge in [-0.15, -0.1) is 0 Å². The molecule has 0 aromatic carbocycles. The van der Waals surface area contributed by atoms with Crippen molar-refractivity contribution in [3.8, 4) is 0 Å². The number of piperidine rings is 1. The Hall–Kier alpha value is -0.940. The van der Waals surface area contributed by atoms with Crippen LogP contribution in [0, 0.1) is 5.92 Å². The third-order valence-corrected chi connectivity index (χ3v) is 4.63. The van der Waals surface area contributed by atoms with Crippen LogP contribution in [0.25, 0.3) is 0 Å². The molecule has 19 heavy (non-hydrogen) atoms. The lowest BCUT2D eigenvalue weighted by atomic mass is 9.93. The third kappa shape index (κ3) is 2.98. The lowest BCUT2D eigenvalue weighted by molar-refractivity contribution is 0.318. The van der Waals surface area contributed by atoms with Crippen molar-refractivity contribution in [2.75, 3.05) is 13.1 Å². The second-order valence-electron chi connectivity index (χ2n) is 6.11. The number of rotatable bonds is 4. The van der Waals surface area contributed by atoms with Crippen LogP contribution in [0.2, 0.25) is 0 Å². The highest BCUT2D eigenvalue weighted by Crippen LogP contribution is 2.34. The van der Waals surface area contributed by atoms with E-state index in [0.717, 1.165) is 56.4 Å². The quantitative estimate of drug-likeness (QED) is 0.866. The van der Waals surface area contributed by atoms with Crippen molar-refractivity contribution in [3.63, 3.8) is 0 Å². The average Bonchev–Trinajstić information content (AvgIpc) is 3.07. The molecular weight excluding hydrogens is 240 g/mol. The molecule has 1 aliphatic carbocycles. The maximum absolute atomic E-state index is 6.34. The molecule has 0 amide bonds. The van der Waals surface area contributed by atoms with E-state index in [1.54, 1.807) is 0 Å². The summed E-state index contributed by atoms with van der Waals surface area (Å²) in [5, 5.41) is 7.50. The van der Waals surface area contributed by atoms with Crippen LogP contribution in [-0.4, -0.2) is 23.2 Å². The van der Waals surface area contributed by atoms with Gasteiger partial charge >= 0.3 is 0 Å². The van der Waals surface area contributed by atoms with Crippen LogP contribution in [0.1, 0.15) is 56.7 Å². The Kier molecular flexibility index (Phi) is 3.84. The largest absolute Gasteiger partial charge is 0.339 e. The van der Waals surface area contributed by atoms with Crippen molar-refractivity contribution in [1.29, 1.82) is 0 Å². The van der Waals surface area contributed by atoms with Crippen LogP contribution in [0.4, 0.5) is 0 Å². The summed E-state index contributed by atoms with van der Waals surface area (Å²) < 4.78 is 5.38. The number of hydrogen-bond acceptors (Lipinski definition) is 5. The molecule has 0 unspecified atom stereocenters. The number of aryl methyl sites for hydroxylation is 1. The van der Waals surface area contributed by atoms with E-state index in [2.05, 4.69) is 15.5 Å². The predicted molar refractivity (Wildman–Crippen MR) is 72.5 cm³/mol. The molecule has 0 bridgehead atoms. The van der Waals surface area contributed by atoms with Crippen LogP contribution in [-0.2, 0) is 12.0 Å². The third-order valence-electron chi connectivity index (χ3n) is 4.63. The molecule has 1 saturated heterocycles. The molecule has 0 atom stereocenters. The highest BCUT2D eigenvalue weighted by molar-refractivity contribution is 5.06. The molecule has 1 aromatic heterocycles. The lowest BCUT2D eigenvalue weighted by Crippen LogP contribution is -2.34. The summed E-state index contributed by atoms with van der Waals surface area (Å²) in [6.07, 6.45) is 8.91. The Morgan fingerprint density at radius 2 is 2.00 bits per heavy atom. The SMILES string of the molecule is NC1(c2noc(CCC3CCNCC3)n2)CCCC1. The molecule has 3 N–H and O–H groups in total. The van der Waals surface area contributed by atoms with Crippen molar-refractivity contribution in [3.05, 3.63) is 11.7 Å². The zero-order chi connectivity index (χ0) is 13.1. The lowest BCUT2D eigenvalue weighted by Gasteiger charge is -2.21. The minimum Gasteiger partial charge on any atom is -0.339 e. The highest BCUT2D eigenvalue weighted by Gasteiger charge is 2.35. The summed E-state index contributed by atoms with van der Waals surface area (Å²) in [6, 6.07) is 0. The maximum Gasteiger partial charge on any atom is 0.226 e. The molecule has 106 valence electrons. The van der Waals surface area contributed by atoms with E-state index in [4.69, 9.17) is 10.3 Å². The van der Waals surface area contributed by atoms with Gasteiger partial charge in [-0.25, -0.2) is 0 Å². The molecule has 3 rings (SSSR count). The normalized spacial score (nSPS) is 23.8. The average molecular weight is 264 g/mol. The van der Waals surface area contributed by atoms with Gasteiger partial charge < -0.3 is 15.6 Å². The molecule has 0 spiro atoms. The molecule has 5 heteroatoms. The van der Waals surface area contributed by atoms with E-state index < -0.39 is 0 Å². The van der Waals surface area contributed by atoms with E-state index in [1.807, 2.05) is 0 Å². The van der Waals surface area contributed by atoms with Gasteiger partial charge in [-0.1, -0.05) is 18.0 Å². The monoisotopic (exact) mass is 264 g/mol. The van der Waals surface area contributed by atoms with E-state index >= 15 is 0 Å². The Bertz CT molecular complexity index is 405. The zero-order valence-electron chi connectivity index (χ0n) is 11.5. The van der Waals surface area contributed by atoms with Gasteiger partial charge in [0.25, 0.3) is 0 Å². The molecule has 1 aliphatic heterocycles. The van der Waals surface area contributed by atoms with Crippen LogP contribution >= 0.6 is 0 Å². The van der Waals surface area contributed by atoms with Gasteiger partial charge in [-0.3, -0.25) is 0 Å². The number of nitrogens with zero attached hydrogens (tertiary/aromatic N) is 2. The minimum atomic E-state index is -0.323. The summed E-state index contributed by atoms with van der Waals surface area (Å²) in [5.41, 5.74) is 6.02. The van der Waals surface area contributed by atoms with Gasteiger partial charge in [-0.2, -0.15) is 4.98 Å². The first-order valence-electron chi connectivity index (χ1n) is 7.59. The van der Waals surface area contributed by atoms with Gasteiger partial charge in [0, 0.05) is 6.42 Å². The minimum absolute atomic E-state index is 0.323. The fraction of sp³-hybridized carbons (Fsp3) is 0.857. The highest BCUT2D eigenvalue weighted by atomic mass is 16.5. The fourth-order valence-electron chi connectivity index (χ4n) is 3.29. The van der Waals surface area contributed by atoms with E-state index in [0.29, 0.717) is 0 Å². The molecular formula is C14H24N4O. The maximum atomic E-state index is 6.34.